The van der Waals surface area contributed by atoms with Crippen LogP contribution in [-0.4, -0.2) is 18.9 Å². The Morgan fingerprint density at radius 1 is 1.25 bits per heavy atom. The molecule has 1 N–H and O–H groups in total. The maximum atomic E-state index is 12.8. The Morgan fingerprint density at radius 3 is 2.71 bits per heavy atom. The van der Waals surface area contributed by atoms with Crippen molar-refractivity contribution in [3.05, 3.63) is 53.6 Å². The smallest absolute Gasteiger partial charge is 0.325 e. The van der Waals surface area contributed by atoms with Crippen molar-refractivity contribution in [1.82, 2.24) is 5.32 Å². The maximum absolute atomic E-state index is 12.8. The number of nitrogens with one attached hydrogen (secondary N) is 1. The van der Waals surface area contributed by atoms with E-state index in [1.54, 1.807) is 12.0 Å². The molecule has 124 valence electrons. The number of hydrogen-bond acceptors (Lipinski definition) is 3. The summed E-state index contributed by atoms with van der Waals surface area (Å²) in [5.41, 5.74) is 2.17. The van der Waals surface area contributed by atoms with Gasteiger partial charge in [0.15, 0.2) is 17.2 Å². The van der Waals surface area contributed by atoms with E-state index < -0.39 is 5.72 Å². The normalized spacial score (nSPS) is 24.7. The molecule has 0 spiro atoms. The van der Waals surface area contributed by atoms with E-state index in [-0.39, 0.29) is 12.1 Å². The van der Waals surface area contributed by atoms with Gasteiger partial charge in [0.1, 0.15) is 0 Å². The summed E-state index contributed by atoms with van der Waals surface area (Å²) in [4.78, 5) is 14.5. The lowest BCUT2D eigenvalue weighted by molar-refractivity contribution is 0.0349. The molecule has 2 unspecified atom stereocenters. The van der Waals surface area contributed by atoms with Crippen LogP contribution in [0, 0.1) is 6.92 Å². The number of urea groups is 1. The molecule has 5 heteroatoms. The molecule has 5 nitrogen and oxygen atoms in total. The minimum Gasteiger partial charge on any atom is -0.493 e. The molecule has 0 saturated carbocycles. The van der Waals surface area contributed by atoms with Crippen LogP contribution in [0.2, 0.25) is 0 Å². The highest BCUT2D eigenvalue weighted by molar-refractivity contribution is 5.95. The van der Waals surface area contributed by atoms with E-state index in [2.05, 4.69) is 5.32 Å². The third-order valence-corrected chi connectivity index (χ3v) is 4.78. The highest BCUT2D eigenvalue weighted by Crippen LogP contribution is 2.48. The standard InChI is InChI=1S/C19H20N2O3/c1-12-7-9-13(10-8-12)21-18(22)20-15-11-19(21,2)24-17-14(15)5-4-6-16(17)23-3/h4-10,15H,11H2,1-3H3,(H,20,22). The monoisotopic (exact) mass is 324 g/mol. The summed E-state index contributed by atoms with van der Waals surface area (Å²) in [5, 5.41) is 3.10. The first-order chi connectivity index (χ1) is 11.5. The number of aryl methyl sites for hydroxylation is 1. The zero-order valence-corrected chi connectivity index (χ0v) is 14.0. The van der Waals surface area contributed by atoms with Crippen LogP contribution in [-0.2, 0) is 0 Å². The molecule has 2 atom stereocenters. The van der Waals surface area contributed by atoms with E-state index in [1.807, 2.05) is 56.3 Å². The number of ether oxygens (including phenoxy) is 2. The molecule has 2 aliphatic rings. The quantitative estimate of drug-likeness (QED) is 0.915. The van der Waals surface area contributed by atoms with Crippen LogP contribution < -0.4 is 19.7 Å². The van der Waals surface area contributed by atoms with Crippen molar-refractivity contribution in [3.8, 4) is 11.5 Å². The van der Waals surface area contributed by atoms with Crippen LogP contribution in [0.3, 0.4) is 0 Å². The number of benzene rings is 2. The number of para-hydroxylation sites is 1. The van der Waals surface area contributed by atoms with Gasteiger partial charge in [-0.2, -0.15) is 0 Å². The SMILES string of the molecule is COc1cccc2c1OC1(C)CC2NC(=O)N1c1ccc(C)cc1. The van der Waals surface area contributed by atoms with Gasteiger partial charge in [-0.05, 0) is 32.0 Å². The lowest BCUT2D eigenvalue weighted by atomic mass is 9.90. The maximum Gasteiger partial charge on any atom is 0.325 e. The molecule has 0 radical (unpaired) electrons. The van der Waals surface area contributed by atoms with Gasteiger partial charge >= 0.3 is 6.03 Å². The van der Waals surface area contributed by atoms with Gasteiger partial charge in [-0.15, -0.1) is 0 Å². The molecule has 1 saturated heterocycles. The molecule has 2 aliphatic heterocycles. The molecule has 1 fully saturated rings. The molecule has 2 heterocycles. The highest BCUT2D eigenvalue weighted by Gasteiger charge is 2.50. The summed E-state index contributed by atoms with van der Waals surface area (Å²) < 4.78 is 11.8. The van der Waals surface area contributed by atoms with Gasteiger partial charge in [-0.25, -0.2) is 4.79 Å². The Morgan fingerprint density at radius 2 is 2.00 bits per heavy atom. The zero-order chi connectivity index (χ0) is 16.9. The van der Waals surface area contributed by atoms with Crippen LogP contribution >= 0.6 is 0 Å². The lowest BCUT2D eigenvalue weighted by Crippen LogP contribution is -2.65. The van der Waals surface area contributed by atoms with Crippen LogP contribution in [0.4, 0.5) is 10.5 Å². The third-order valence-electron chi connectivity index (χ3n) is 4.78. The summed E-state index contributed by atoms with van der Waals surface area (Å²) >= 11 is 0. The minimum atomic E-state index is -0.760. The first-order valence-electron chi connectivity index (χ1n) is 8.05. The molecule has 2 amide bonds. The number of nitrogens with zero attached hydrogens (tertiary/aromatic N) is 1. The van der Waals surface area contributed by atoms with Crippen molar-refractivity contribution in [2.24, 2.45) is 0 Å². The largest absolute Gasteiger partial charge is 0.493 e. The number of hydrogen-bond donors (Lipinski definition) is 1. The average molecular weight is 324 g/mol. The first-order valence-corrected chi connectivity index (χ1v) is 8.05. The highest BCUT2D eigenvalue weighted by atomic mass is 16.5. The molecule has 0 aliphatic carbocycles. The van der Waals surface area contributed by atoms with E-state index >= 15 is 0 Å². The number of carbonyl (C=O) groups is 1. The number of amides is 2. The fraction of sp³-hybridized carbons (Fsp3) is 0.316. The topological polar surface area (TPSA) is 50.8 Å². The van der Waals surface area contributed by atoms with Crippen molar-refractivity contribution in [2.45, 2.75) is 32.0 Å². The zero-order valence-electron chi connectivity index (χ0n) is 14.0. The van der Waals surface area contributed by atoms with Gasteiger partial charge in [0.25, 0.3) is 0 Å². The molecular weight excluding hydrogens is 304 g/mol. The van der Waals surface area contributed by atoms with Crippen molar-refractivity contribution in [1.29, 1.82) is 0 Å². The Balaban J connectivity index is 1.81. The Bertz CT molecular complexity index is 803. The van der Waals surface area contributed by atoms with E-state index in [0.29, 0.717) is 17.9 Å². The van der Waals surface area contributed by atoms with E-state index in [0.717, 1.165) is 16.8 Å². The summed E-state index contributed by atoms with van der Waals surface area (Å²) in [7, 11) is 1.63. The molecule has 2 aromatic carbocycles. The number of methoxy groups -OCH3 is 1. The fourth-order valence-corrected chi connectivity index (χ4v) is 3.61. The Hall–Kier alpha value is -2.69. The Kier molecular flexibility index (Phi) is 3.20. The van der Waals surface area contributed by atoms with E-state index in [1.165, 1.54) is 0 Å². The van der Waals surface area contributed by atoms with Gasteiger partial charge in [0.05, 0.1) is 13.2 Å². The second-order valence-electron chi connectivity index (χ2n) is 6.53. The summed E-state index contributed by atoms with van der Waals surface area (Å²) in [6, 6.07) is 13.4. The number of rotatable bonds is 2. The van der Waals surface area contributed by atoms with Crippen LogP contribution in [0.15, 0.2) is 42.5 Å². The number of carbonyl (C=O) groups excluding carboxylic acids is 1. The molecule has 24 heavy (non-hydrogen) atoms. The molecule has 0 aromatic heterocycles. The second kappa shape index (κ2) is 5.16. The minimum absolute atomic E-state index is 0.0805. The number of fused-ring (bicyclic) bond motifs is 4. The lowest BCUT2D eigenvalue weighted by Gasteiger charge is -2.50. The van der Waals surface area contributed by atoms with Gasteiger partial charge in [-0.3, -0.25) is 4.90 Å². The third kappa shape index (κ3) is 2.12. The van der Waals surface area contributed by atoms with Crippen LogP contribution in [0.25, 0.3) is 0 Å². The van der Waals surface area contributed by atoms with Gasteiger partial charge in [-0.1, -0.05) is 29.8 Å². The Labute approximate surface area is 141 Å². The second-order valence-corrected chi connectivity index (χ2v) is 6.53. The number of anilines is 1. The molecular formula is C19H20N2O3. The van der Waals surface area contributed by atoms with Gasteiger partial charge in [0, 0.05) is 17.7 Å². The van der Waals surface area contributed by atoms with Crippen molar-refractivity contribution >= 4 is 11.7 Å². The average Bonchev–Trinajstić information content (AvgIpc) is 2.55. The van der Waals surface area contributed by atoms with Gasteiger partial charge in [0.2, 0.25) is 0 Å². The predicted molar refractivity (Wildman–Crippen MR) is 91.6 cm³/mol. The van der Waals surface area contributed by atoms with Gasteiger partial charge < -0.3 is 14.8 Å². The van der Waals surface area contributed by atoms with Crippen molar-refractivity contribution in [3.63, 3.8) is 0 Å². The van der Waals surface area contributed by atoms with Crippen molar-refractivity contribution in [2.75, 3.05) is 12.0 Å². The summed E-state index contributed by atoms with van der Waals surface area (Å²) in [5.74, 6) is 1.39. The van der Waals surface area contributed by atoms with Crippen LogP contribution in [0.1, 0.15) is 30.5 Å². The summed E-state index contributed by atoms with van der Waals surface area (Å²) in [6.07, 6.45) is 0.673. The molecule has 2 bridgehead atoms. The van der Waals surface area contributed by atoms with E-state index in [9.17, 15) is 4.79 Å². The molecule has 2 aromatic rings. The predicted octanol–water partition coefficient (Wildman–Crippen LogP) is 3.77. The van der Waals surface area contributed by atoms with Crippen LogP contribution in [0.5, 0.6) is 11.5 Å². The van der Waals surface area contributed by atoms with Crippen molar-refractivity contribution < 1.29 is 14.3 Å². The summed E-state index contributed by atoms with van der Waals surface area (Å²) in [6.45, 7) is 3.98. The first kappa shape index (κ1) is 14.9. The van der Waals surface area contributed by atoms with E-state index in [4.69, 9.17) is 9.47 Å². The fourth-order valence-electron chi connectivity index (χ4n) is 3.61. The molecule has 4 rings (SSSR count).